The summed E-state index contributed by atoms with van der Waals surface area (Å²) in [5, 5.41) is 0. The van der Waals surface area contributed by atoms with Gasteiger partial charge in [0, 0.05) is 31.9 Å². The Labute approximate surface area is 236 Å². The van der Waals surface area contributed by atoms with Crippen molar-refractivity contribution in [1.82, 2.24) is 9.80 Å². The molecule has 0 fully saturated rings. The molecule has 9 nitrogen and oxygen atoms in total. The van der Waals surface area contributed by atoms with E-state index < -0.39 is 0 Å². The molecule has 0 spiro atoms. The van der Waals surface area contributed by atoms with Crippen molar-refractivity contribution in [2.75, 3.05) is 54.2 Å². The lowest BCUT2D eigenvalue weighted by Gasteiger charge is -2.27. The van der Waals surface area contributed by atoms with E-state index in [0.717, 1.165) is 11.3 Å². The van der Waals surface area contributed by atoms with Crippen LogP contribution >= 0.6 is 0 Å². The Morgan fingerprint density at radius 2 is 1.60 bits per heavy atom. The number of methoxy groups -OCH3 is 3. The summed E-state index contributed by atoms with van der Waals surface area (Å²) < 4.78 is 27.3. The van der Waals surface area contributed by atoms with Crippen LogP contribution in [-0.4, -0.2) is 75.8 Å². The normalized spacial score (nSPS) is 10.7. The standard InChI is InChI=1S/C31H40N2O7/c1-6-39-19-7-17-33(31(35)25-10-13-26(36-3)14-11-25)22-30(34)32(21-27-12-8-23(2)40-27)18-16-24-9-15-28(37-4)29(20-24)38-5/h8-15,20H,6-7,16-19,21-22H2,1-5H3. The second kappa shape index (κ2) is 15.6. The number of aryl methyl sites for hydroxylation is 1. The average Bonchev–Trinajstić information content (AvgIpc) is 3.40. The highest BCUT2D eigenvalue weighted by atomic mass is 16.5. The highest BCUT2D eigenvalue weighted by molar-refractivity contribution is 5.96. The van der Waals surface area contributed by atoms with E-state index in [4.69, 9.17) is 23.4 Å². The van der Waals surface area contributed by atoms with Crippen LogP contribution in [0.1, 0.15) is 40.8 Å². The molecule has 3 aromatic rings. The highest BCUT2D eigenvalue weighted by Crippen LogP contribution is 2.28. The minimum Gasteiger partial charge on any atom is -0.497 e. The number of amides is 2. The SMILES string of the molecule is CCOCCCN(CC(=O)N(CCc1ccc(OC)c(OC)c1)Cc1ccc(C)o1)C(=O)c1ccc(OC)cc1. The molecule has 0 bridgehead atoms. The summed E-state index contributed by atoms with van der Waals surface area (Å²) >= 11 is 0. The van der Waals surface area contributed by atoms with Crippen LogP contribution < -0.4 is 14.2 Å². The molecule has 0 aliphatic heterocycles. The van der Waals surface area contributed by atoms with Crippen molar-refractivity contribution >= 4 is 11.8 Å². The Bertz CT molecular complexity index is 1220. The van der Waals surface area contributed by atoms with Gasteiger partial charge in [-0.25, -0.2) is 0 Å². The third-order valence-electron chi connectivity index (χ3n) is 6.48. The predicted octanol–water partition coefficient (Wildman–Crippen LogP) is 4.75. The van der Waals surface area contributed by atoms with Crippen LogP contribution in [0.5, 0.6) is 17.2 Å². The summed E-state index contributed by atoms with van der Waals surface area (Å²) in [6, 6.07) is 16.4. The molecule has 0 aliphatic carbocycles. The van der Waals surface area contributed by atoms with Gasteiger partial charge in [-0.3, -0.25) is 9.59 Å². The van der Waals surface area contributed by atoms with Gasteiger partial charge in [0.2, 0.25) is 5.91 Å². The molecule has 0 N–H and O–H groups in total. The van der Waals surface area contributed by atoms with Crippen LogP contribution in [0, 0.1) is 6.92 Å². The minimum absolute atomic E-state index is 0.0669. The molecule has 216 valence electrons. The third kappa shape index (κ3) is 8.77. The highest BCUT2D eigenvalue weighted by Gasteiger charge is 2.23. The first kappa shape index (κ1) is 30.6. The van der Waals surface area contributed by atoms with E-state index in [-0.39, 0.29) is 18.4 Å². The molecular weight excluding hydrogens is 512 g/mol. The van der Waals surface area contributed by atoms with Crippen LogP contribution in [-0.2, 0) is 22.5 Å². The summed E-state index contributed by atoms with van der Waals surface area (Å²) in [6.45, 7) is 5.94. The molecule has 0 aliphatic rings. The van der Waals surface area contributed by atoms with E-state index in [1.54, 1.807) is 55.4 Å². The van der Waals surface area contributed by atoms with Gasteiger partial charge in [-0.05, 0) is 80.8 Å². The summed E-state index contributed by atoms with van der Waals surface area (Å²) in [4.78, 5) is 30.5. The monoisotopic (exact) mass is 552 g/mol. The zero-order valence-electron chi connectivity index (χ0n) is 24.1. The number of carbonyl (C=O) groups excluding carboxylic acids is 2. The number of hydrogen-bond donors (Lipinski definition) is 0. The van der Waals surface area contributed by atoms with Crippen LogP contribution in [0.4, 0.5) is 0 Å². The molecule has 2 aromatic carbocycles. The molecule has 1 aromatic heterocycles. The number of ether oxygens (including phenoxy) is 4. The Kier molecular flexibility index (Phi) is 11.9. The average molecular weight is 553 g/mol. The zero-order chi connectivity index (χ0) is 28.9. The van der Waals surface area contributed by atoms with Crippen molar-refractivity contribution in [2.24, 2.45) is 0 Å². The summed E-state index contributed by atoms with van der Waals surface area (Å²) in [6.07, 6.45) is 1.20. The number of benzene rings is 2. The first-order valence-corrected chi connectivity index (χ1v) is 13.4. The lowest BCUT2D eigenvalue weighted by atomic mass is 10.1. The van der Waals surface area contributed by atoms with Crippen LogP contribution in [0.25, 0.3) is 0 Å². The van der Waals surface area contributed by atoms with E-state index >= 15 is 0 Å². The molecule has 40 heavy (non-hydrogen) atoms. The Morgan fingerprint density at radius 3 is 2.23 bits per heavy atom. The molecule has 0 atom stereocenters. The zero-order valence-corrected chi connectivity index (χ0v) is 24.1. The molecule has 0 unspecified atom stereocenters. The lowest BCUT2D eigenvalue weighted by Crippen LogP contribution is -2.44. The fraction of sp³-hybridized carbons (Fsp3) is 0.419. The molecule has 0 saturated heterocycles. The largest absolute Gasteiger partial charge is 0.497 e. The predicted molar refractivity (Wildman–Crippen MR) is 152 cm³/mol. The molecule has 1 heterocycles. The molecule has 3 rings (SSSR count). The quantitative estimate of drug-likeness (QED) is 0.237. The van der Waals surface area contributed by atoms with Crippen LogP contribution in [0.3, 0.4) is 0 Å². The first-order chi connectivity index (χ1) is 19.4. The van der Waals surface area contributed by atoms with Crippen molar-refractivity contribution in [3.8, 4) is 17.2 Å². The van der Waals surface area contributed by atoms with E-state index in [1.807, 2.05) is 44.2 Å². The van der Waals surface area contributed by atoms with Crippen molar-refractivity contribution in [1.29, 1.82) is 0 Å². The van der Waals surface area contributed by atoms with Gasteiger partial charge in [0.15, 0.2) is 11.5 Å². The maximum Gasteiger partial charge on any atom is 0.254 e. The molecule has 0 radical (unpaired) electrons. The van der Waals surface area contributed by atoms with Gasteiger partial charge in [-0.1, -0.05) is 6.07 Å². The Balaban J connectivity index is 1.79. The van der Waals surface area contributed by atoms with Crippen LogP contribution in [0.2, 0.25) is 0 Å². The summed E-state index contributed by atoms with van der Waals surface area (Å²) in [5.74, 6) is 2.99. The number of carbonyl (C=O) groups is 2. The van der Waals surface area contributed by atoms with Gasteiger partial charge in [0.05, 0.1) is 27.9 Å². The number of hydrogen-bond acceptors (Lipinski definition) is 7. The van der Waals surface area contributed by atoms with Gasteiger partial charge in [-0.15, -0.1) is 0 Å². The van der Waals surface area contributed by atoms with Gasteiger partial charge >= 0.3 is 0 Å². The van der Waals surface area contributed by atoms with E-state index in [0.29, 0.717) is 74.3 Å². The lowest BCUT2D eigenvalue weighted by molar-refractivity contribution is -0.132. The van der Waals surface area contributed by atoms with Crippen molar-refractivity contribution in [3.05, 3.63) is 77.2 Å². The van der Waals surface area contributed by atoms with Crippen LogP contribution in [0.15, 0.2) is 59.0 Å². The third-order valence-corrected chi connectivity index (χ3v) is 6.48. The Morgan fingerprint density at radius 1 is 0.850 bits per heavy atom. The Hall–Kier alpha value is -3.98. The second-order valence-electron chi connectivity index (χ2n) is 9.27. The molecule has 0 saturated carbocycles. The topological polar surface area (TPSA) is 90.7 Å². The maximum absolute atomic E-state index is 13.7. The van der Waals surface area contributed by atoms with Gasteiger partial charge < -0.3 is 33.2 Å². The fourth-order valence-corrected chi connectivity index (χ4v) is 4.28. The summed E-state index contributed by atoms with van der Waals surface area (Å²) in [5.41, 5.74) is 1.48. The maximum atomic E-state index is 13.7. The number of furan rings is 1. The van der Waals surface area contributed by atoms with Gasteiger partial charge in [-0.2, -0.15) is 0 Å². The van der Waals surface area contributed by atoms with Gasteiger partial charge in [0.1, 0.15) is 23.8 Å². The number of rotatable bonds is 16. The van der Waals surface area contributed by atoms with Crippen molar-refractivity contribution in [2.45, 2.75) is 33.2 Å². The van der Waals surface area contributed by atoms with Gasteiger partial charge in [0.25, 0.3) is 5.91 Å². The van der Waals surface area contributed by atoms with E-state index in [9.17, 15) is 9.59 Å². The minimum atomic E-state index is -0.221. The summed E-state index contributed by atoms with van der Waals surface area (Å²) in [7, 11) is 4.76. The molecular formula is C31H40N2O7. The number of nitrogens with zero attached hydrogens (tertiary/aromatic N) is 2. The fourth-order valence-electron chi connectivity index (χ4n) is 4.28. The molecule has 9 heteroatoms. The van der Waals surface area contributed by atoms with Crippen molar-refractivity contribution in [3.63, 3.8) is 0 Å². The van der Waals surface area contributed by atoms with E-state index in [2.05, 4.69) is 0 Å². The first-order valence-electron chi connectivity index (χ1n) is 13.4. The van der Waals surface area contributed by atoms with Crippen molar-refractivity contribution < 1.29 is 33.0 Å². The second-order valence-corrected chi connectivity index (χ2v) is 9.27. The smallest absolute Gasteiger partial charge is 0.254 e. The molecule has 2 amide bonds. The van der Waals surface area contributed by atoms with E-state index in [1.165, 1.54) is 0 Å².